The molecular weight excluding hydrogens is 254 g/mol. The SMILES string of the molecule is CCc1ccc(OCC(=O)NCCc2cnc[nH]2)cc1. The number of aryl methyl sites for hydroxylation is 1. The third kappa shape index (κ3) is 4.42. The standard InChI is InChI=1S/C15H19N3O2/c1-2-12-3-5-14(6-4-12)20-10-15(19)17-8-7-13-9-16-11-18-13/h3-6,9,11H,2,7-8,10H2,1H3,(H,16,18)(H,17,19). The number of ether oxygens (including phenoxy) is 1. The molecule has 0 aliphatic carbocycles. The minimum absolute atomic E-state index is 0.0362. The summed E-state index contributed by atoms with van der Waals surface area (Å²) >= 11 is 0. The number of aromatic nitrogens is 2. The Labute approximate surface area is 118 Å². The van der Waals surface area contributed by atoms with Crippen molar-refractivity contribution in [1.29, 1.82) is 0 Å². The lowest BCUT2D eigenvalue weighted by molar-refractivity contribution is -0.123. The Kier molecular flexibility index (Phi) is 5.17. The molecule has 2 N–H and O–H groups in total. The van der Waals surface area contributed by atoms with Crippen LogP contribution in [-0.4, -0.2) is 29.0 Å². The zero-order valence-corrected chi connectivity index (χ0v) is 11.6. The Hall–Kier alpha value is -2.30. The van der Waals surface area contributed by atoms with Crippen molar-refractivity contribution in [3.05, 3.63) is 48.0 Å². The number of H-pyrrole nitrogens is 1. The average Bonchev–Trinajstić information content (AvgIpc) is 2.99. The number of amides is 1. The lowest BCUT2D eigenvalue weighted by Gasteiger charge is -2.07. The van der Waals surface area contributed by atoms with E-state index in [1.54, 1.807) is 12.5 Å². The molecule has 106 valence electrons. The van der Waals surface area contributed by atoms with Crippen LogP contribution in [0.25, 0.3) is 0 Å². The maximum Gasteiger partial charge on any atom is 0.257 e. The molecule has 20 heavy (non-hydrogen) atoms. The maximum atomic E-state index is 11.6. The van der Waals surface area contributed by atoms with Crippen LogP contribution in [0.15, 0.2) is 36.8 Å². The summed E-state index contributed by atoms with van der Waals surface area (Å²) in [6.45, 7) is 2.70. The van der Waals surface area contributed by atoms with Gasteiger partial charge in [-0.15, -0.1) is 0 Å². The molecule has 0 saturated carbocycles. The summed E-state index contributed by atoms with van der Waals surface area (Å²) in [6, 6.07) is 7.78. The third-order valence-corrected chi connectivity index (χ3v) is 2.97. The molecule has 0 unspecified atom stereocenters. The van der Waals surface area contributed by atoms with Crippen molar-refractivity contribution in [1.82, 2.24) is 15.3 Å². The van der Waals surface area contributed by atoms with Gasteiger partial charge in [0, 0.05) is 24.9 Å². The van der Waals surface area contributed by atoms with E-state index < -0.39 is 0 Å². The number of nitrogens with one attached hydrogen (secondary N) is 2. The second-order valence-corrected chi connectivity index (χ2v) is 4.46. The van der Waals surface area contributed by atoms with Crippen LogP contribution in [-0.2, 0) is 17.6 Å². The molecule has 0 saturated heterocycles. The zero-order chi connectivity index (χ0) is 14.2. The van der Waals surface area contributed by atoms with E-state index in [4.69, 9.17) is 4.74 Å². The first-order chi connectivity index (χ1) is 9.78. The highest BCUT2D eigenvalue weighted by molar-refractivity contribution is 5.77. The average molecular weight is 273 g/mol. The fraction of sp³-hybridized carbons (Fsp3) is 0.333. The van der Waals surface area contributed by atoms with E-state index in [0.717, 1.165) is 18.5 Å². The van der Waals surface area contributed by atoms with Crippen molar-refractivity contribution in [2.75, 3.05) is 13.2 Å². The van der Waals surface area contributed by atoms with Crippen LogP contribution in [0.5, 0.6) is 5.75 Å². The number of imidazole rings is 1. The van der Waals surface area contributed by atoms with Crippen molar-refractivity contribution in [2.45, 2.75) is 19.8 Å². The summed E-state index contributed by atoms with van der Waals surface area (Å²) in [6.07, 6.45) is 5.10. The van der Waals surface area contributed by atoms with Gasteiger partial charge in [-0.3, -0.25) is 4.79 Å². The number of nitrogens with zero attached hydrogens (tertiary/aromatic N) is 1. The summed E-state index contributed by atoms with van der Waals surface area (Å²) in [5.41, 5.74) is 2.25. The summed E-state index contributed by atoms with van der Waals surface area (Å²) < 4.78 is 5.42. The van der Waals surface area contributed by atoms with Crippen LogP contribution in [0.1, 0.15) is 18.2 Å². The minimum atomic E-state index is -0.121. The number of carbonyl (C=O) groups excluding carboxylic acids is 1. The third-order valence-electron chi connectivity index (χ3n) is 2.97. The molecule has 0 aliphatic rings. The van der Waals surface area contributed by atoms with Crippen molar-refractivity contribution in [3.63, 3.8) is 0 Å². The van der Waals surface area contributed by atoms with Crippen molar-refractivity contribution >= 4 is 5.91 Å². The highest BCUT2D eigenvalue weighted by Crippen LogP contribution is 2.12. The second kappa shape index (κ2) is 7.33. The molecule has 1 aromatic carbocycles. The van der Waals surface area contributed by atoms with Gasteiger partial charge in [0.25, 0.3) is 5.91 Å². The molecule has 0 fully saturated rings. The van der Waals surface area contributed by atoms with E-state index >= 15 is 0 Å². The Morgan fingerprint density at radius 2 is 2.15 bits per heavy atom. The predicted octanol–water partition coefficient (Wildman–Crippen LogP) is 1.71. The van der Waals surface area contributed by atoms with Crippen LogP contribution >= 0.6 is 0 Å². The molecule has 1 aromatic heterocycles. The number of rotatable bonds is 7. The van der Waals surface area contributed by atoms with Gasteiger partial charge in [-0.05, 0) is 24.1 Å². The molecule has 5 heteroatoms. The lowest BCUT2D eigenvalue weighted by Crippen LogP contribution is -2.30. The first-order valence-corrected chi connectivity index (χ1v) is 6.73. The van der Waals surface area contributed by atoms with E-state index in [1.165, 1.54) is 5.56 Å². The molecular formula is C15H19N3O2. The Balaban J connectivity index is 1.66. The number of hydrogen-bond acceptors (Lipinski definition) is 3. The number of aromatic amines is 1. The fourth-order valence-corrected chi connectivity index (χ4v) is 1.78. The van der Waals surface area contributed by atoms with Gasteiger partial charge >= 0.3 is 0 Å². The molecule has 0 bridgehead atoms. The Morgan fingerprint density at radius 1 is 1.35 bits per heavy atom. The van der Waals surface area contributed by atoms with Gasteiger partial charge in [0.1, 0.15) is 5.75 Å². The predicted molar refractivity (Wildman–Crippen MR) is 76.6 cm³/mol. The van der Waals surface area contributed by atoms with E-state index in [-0.39, 0.29) is 12.5 Å². The van der Waals surface area contributed by atoms with Gasteiger partial charge in [0.15, 0.2) is 6.61 Å². The van der Waals surface area contributed by atoms with Crippen LogP contribution in [0.3, 0.4) is 0 Å². The number of benzene rings is 1. The van der Waals surface area contributed by atoms with Crippen LogP contribution in [0.4, 0.5) is 0 Å². The van der Waals surface area contributed by atoms with Gasteiger partial charge in [0.05, 0.1) is 6.33 Å². The number of hydrogen-bond donors (Lipinski definition) is 2. The Morgan fingerprint density at radius 3 is 2.80 bits per heavy atom. The quantitative estimate of drug-likeness (QED) is 0.807. The van der Waals surface area contributed by atoms with E-state index in [1.807, 2.05) is 24.3 Å². The van der Waals surface area contributed by atoms with Crippen LogP contribution < -0.4 is 10.1 Å². The largest absolute Gasteiger partial charge is 0.484 e. The highest BCUT2D eigenvalue weighted by atomic mass is 16.5. The maximum absolute atomic E-state index is 11.6. The normalized spacial score (nSPS) is 10.2. The molecule has 2 rings (SSSR count). The molecule has 0 spiro atoms. The van der Waals surface area contributed by atoms with E-state index in [9.17, 15) is 4.79 Å². The van der Waals surface area contributed by atoms with Gasteiger partial charge in [-0.25, -0.2) is 4.98 Å². The molecule has 1 amide bonds. The summed E-state index contributed by atoms with van der Waals surface area (Å²) in [5, 5.41) is 2.80. The molecule has 0 atom stereocenters. The molecule has 5 nitrogen and oxygen atoms in total. The molecule has 0 radical (unpaired) electrons. The van der Waals surface area contributed by atoms with Crippen LogP contribution in [0, 0.1) is 0 Å². The summed E-state index contributed by atoms with van der Waals surface area (Å²) in [4.78, 5) is 18.5. The molecule has 2 aromatic rings. The number of carbonyl (C=O) groups is 1. The van der Waals surface area contributed by atoms with E-state index in [0.29, 0.717) is 12.3 Å². The van der Waals surface area contributed by atoms with Gasteiger partial charge in [-0.1, -0.05) is 19.1 Å². The minimum Gasteiger partial charge on any atom is -0.484 e. The fourth-order valence-electron chi connectivity index (χ4n) is 1.78. The van der Waals surface area contributed by atoms with Crippen molar-refractivity contribution in [2.24, 2.45) is 0 Å². The van der Waals surface area contributed by atoms with Gasteiger partial charge < -0.3 is 15.0 Å². The lowest BCUT2D eigenvalue weighted by atomic mass is 10.2. The second-order valence-electron chi connectivity index (χ2n) is 4.46. The Bertz CT molecular complexity index is 521. The zero-order valence-electron chi connectivity index (χ0n) is 11.6. The van der Waals surface area contributed by atoms with Crippen LogP contribution in [0.2, 0.25) is 0 Å². The molecule has 1 heterocycles. The van der Waals surface area contributed by atoms with Gasteiger partial charge in [0.2, 0.25) is 0 Å². The first-order valence-electron chi connectivity index (χ1n) is 6.73. The summed E-state index contributed by atoms with van der Waals surface area (Å²) in [7, 11) is 0. The highest BCUT2D eigenvalue weighted by Gasteiger charge is 2.03. The van der Waals surface area contributed by atoms with Crippen molar-refractivity contribution in [3.8, 4) is 5.75 Å². The van der Waals surface area contributed by atoms with Gasteiger partial charge in [-0.2, -0.15) is 0 Å². The molecule has 0 aliphatic heterocycles. The summed E-state index contributed by atoms with van der Waals surface area (Å²) in [5.74, 6) is 0.593. The van der Waals surface area contributed by atoms with Crippen molar-refractivity contribution < 1.29 is 9.53 Å². The first kappa shape index (κ1) is 14.1. The monoisotopic (exact) mass is 273 g/mol. The van der Waals surface area contributed by atoms with E-state index in [2.05, 4.69) is 22.2 Å². The smallest absolute Gasteiger partial charge is 0.257 e. The topological polar surface area (TPSA) is 67.0 Å².